The summed E-state index contributed by atoms with van der Waals surface area (Å²) in [6, 6.07) is 13.9. The first-order valence-electron chi connectivity index (χ1n) is 9.52. The molecule has 0 radical (unpaired) electrons. The monoisotopic (exact) mass is 386 g/mol. The van der Waals surface area contributed by atoms with Gasteiger partial charge in [-0.25, -0.2) is 0 Å². The summed E-state index contributed by atoms with van der Waals surface area (Å²) in [5.41, 5.74) is 3.33. The molecule has 0 spiro atoms. The topological polar surface area (TPSA) is 41.6 Å². The Morgan fingerprint density at radius 1 is 1.15 bits per heavy atom. The molecule has 0 saturated carbocycles. The summed E-state index contributed by atoms with van der Waals surface area (Å²) >= 11 is 6.02. The van der Waals surface area contributed by atoms with Crippen LogP contribution in [-0.4, -0.2) is 30.0 Å². The maximum atomic E-state index is 12.3. The molecule has 1 amide bonds. The molecule has 27 heavy (non-hydrogen) atoms. The van der Waals surface area contributed by atoms with Crippen LogP contribution in [-0.2, 0) is 17.9 Å². The van der Waals surface area contributed by atoms with Crippen LogP contribution in [0.15, 0.2) is 42.5 Å². The lowest BCUT2D eigenvalue weighted by atomic mass is 10.1. The SMILES string of the molecule is Cc1cc(O[C@H](C)C(=O)NCc2ccc(CN3CCCC3)cc2)ccc1Cl. The van der Waals surface area contributed by atoms with E-state index >= 15 is 0 Å². The summed E-state index contributed by atoms with van der Waals surface area (Å²) < 4.78 is 5.72. The van der Waals surface area contributed by atoms with Gasteiger partial charge in [-0.2, -0.15) is 0 Å². The number of hydrogen-bond donors (Lipinski definition) is 1. The zero-order chi connectivity index (χ0) is 19.2. The third kappa shape index (κ3) is 5.72. The van der Waals surface area contributed by atoms with Crippen LogP contribution >= 0.6 is 11.6 Å². The Balaban J connectivity index is 1.46. The number of nitrogens with zero attached hydrogens (tertiary/aromatic N) is 1. The van der Waals surface area contributed by atoms with Crippen molar-refractivity contribution in [1.82, 2.24) is 10.2 Å². The molecule has 5 heteroatoms. The van der Waals surface area contributed by atoms with Crippen molar-refractivity contribution in [2.75, 3.05) is 13.1 Å². The van der Waals surface area contributed by atoms with Crippen LogP contribution in [0.5, 0.6) is 5.75 Å². The minimum Gasteiger partial charge on any atom is -0.481 e. The Bertz CT molecular complexity index is 770. The first-order valence-corrected chi connectivity index (χ1v) is 9.90. The maximum absolute atomic E-state index is 12.3. The molecule has 1 aliphatic rings. The number of rotatable bonds is 7. The standard InChI is InChI=1S/C22H27ClN2O2/c1-16-13-20(9-10-21(16)23)27-17(2)22(26)24-14-18-5-7-19(8-6-18)15-25-11-3-4-12-25/h5-10,13,17H,3-4,11-12,14-15H2,1-2H3,(H,24,26)/t17-/m1/s1. The van der Waals surface area contributed by atoms with E-state index in [0.29, 0.717) is 17.3 Å². The Labute approximate surface area is 166 Å². The van der Waals surface area contributed by atoms with Crippen molar-refractivity contribution in [3.63, 3.8) is 0 Å². The van der Waals surface area contributed by atoms with Crippen LogP contribution in [0.25, 0.3) is 0 Å². The maximum Gasteiger partial charge on any atom is 0.261 e. The molecule has 1 heterocycles. The van der Waals surface area contributed by atoms with Crippen LogP contribution in [0.1, 0.15) is 36.5 Å². The highest BCUT2D eigenvalue weighted by Gasteiger charge is 2.15. The minimum absolute atomic E-state index is 0.135. The lowest BCUT2D eigenvalue weighted by Crippen LogP contribution is -2.35. The van der Waals surface area contributed by atoms with Crippen LogP contribution in [0, 0.1) is 6.92 Å². The van der Waals surface area contributed by atoms with Crippen LogP contribution < -0.4 is 10.1 Å². The third-order valence-electron chi connectivity index (χ3n) is 4.91. The number of amides is 1. The third-order valence-corrected chi connectivity index (χ3v) is 5.33. The molecule has 0 aliphatic carbocycles. The summed E-state index contributed by atoms with van der Waals surface area (Å²) in [6.07, 6.45) is 2.04. The number of hydrogen-bond acceptors (Lipinski definition) is 3. The largest absolute Gasteiger partial charge is 0.481 e. The molecule has 0 bridgehead atoms. The highest BCUT2D eigenvalue weighted by molar-refractivity contribution is 6.31. The molecule has 3 rings (SSSR count). The first-order chi connectivity index (χ1) is 13.0. The van der Waals surface area contributed by atoms with Gasteiger partial charge in [0.05, 0.1) is 0 Å². The van der Waals surface area contributed by atoms with Crippen molar-refractivity contribution in [2.24, 2.45) is 0 Å². The van der Waals surface area contributed by atoms with Gasteiger partial charge >= 0.3 is 0 Å². The Hall–Kier alpha value is -2.04. The number of aryl methyl sites for hydroxylation is 1. The Morgan fingerprint density at radius 2 is 1.81 bits per heavy atom. The van der Waals surface area contributed by atoms with Gasteiger partial charge in [0, 0.05) is 18.1 Å². The van der Waals surface area contributed by atoms with E-state index in [1.165, 1.54) is 31.5 Å². The predicted molar refractivity (Wildman–Crippen MR) is 109 cm³/mol. The summed E-state index contributed by atoms with van der Waals surface area (Å²) in [4.78, 5) is 14.8. The molecule has 1 atom stereocenters. The molecule has 144 valence electrons. The fraction of sp³-hybridized carbons (Fsp3) is 0.409. The van der Waals surface area contributed by atoms with Gasteiger partial charge in [0.1, 0.15) is 5.75 Å². The second kappa shape index (κ2) is 9.25. The first kappa shape index (κ1) is 19.7. The van der Waals surface area contributed by atoms with Crippen molar-refractivity contribution < 1.29 is 9.53 Å². The second-order valence-electron chi connectivity index (χ2n) is 7.19. The zero-order valence-corrected chi connectivity index (χ0v) is 16.8. The highest BCUT2D eigenvalue weighted by atomic mass is 35.5. The zero-order valence-electron chi connectivity index (χ0n) is 16.0. The van der Waals surface area contributed by atoms with E-state index in [-0.39, 0.29) is 5.91 Å². The number of likely N-dealkylation sites (tertiary alicyclic amines) is 1. The van der Waals surface area contributed by atoms with E-state index in [1.54, 1.807) is 19.1 Å². The van der Waals surface area contributed by atoms with Gasteiger partial charge < -0.3 is 10.1 Å². The normalized spacial score (nSPS) is 15.5. The van der Waals surface area contributed by atoms with E-state index in [2.05, 4.69) is 34.5 Å². The molecular weight excluding hydrogens is 360 g/mol. The fourth-order valence-electron chi connectivity index (χ4n) is 3.24. The average Bonchev–Trinajstić information content (AvgIpc) is 3.17. The van der Waals surface area contributed by atoms with Crippen LogP contribution in [0.2, 0.25) is 5.02 Å². The fourth-order valence-corrected chi connectivity index (χ4v) is 3.36. The summed E-state index contributed by atoms with van der Waals surface area (Å²) in [7, 11) is 0. The van der Waals surface area contributed by atoms with E-state index in [1.807, 2.05) is 13.0 Å². The van der Waals surface area contributed by atoms with E-state index in [9.17, 15) is 4.79 Å². The molecular formula is C22H27ClN2O2. The van der Waals surface area contributed by atoms with E-state index < -0.39 is 6.10 Å². The molecule has 1 saturated heterocycles. The molecule has 0 aromatic heterocycles. The van der Waals surface area contributed by atoms with Gasteiger partial charge in [-0.3, -0.25) is 9.69 Å². The number of carbonyl (C=O) groups is 1. The molecule has 1 N–H and O–H groups in total. The predicted octanol–water partition coefficient (Wildman–Crippen LogP) is 4.33. The smallest absolute Gasteiger partial charge is 0.261 e. The summed E-state index contributed by atoms with van der Waals surface area (Å²) in [5, 5.41) is 3.62. The molecule has 4 nitrogen and oxygen atoms in total. The van der Waals surface area contributed by atoms with Gasteiger partial charge in [-0.05, 0) is 74.7 Å². The lowest BCUT2D eigenvalue weighted by molar-refractivity contribution is -0.127. The molecule has 2 aromatic rings. The van der Waals surface area contributed by atoms with Crippen molar-refractivity contribution in [3.8, 4) is 5.75 Å². The van der Waals surface area contributed by atoms with E-state index in [0.717, 1.165) is 17.7 Å². The molecule has 1 aliphatic heterocycles. The second-order valence-corrected chi connectivity index (χ2v) is 7.60. The van der Waals surface area contributed by atoms with Crippen molar-refractivity contribution >= 4 is 17.5 Å². The molecule has 1 fully saturated rings. The van der Waals surface area contributed by atoms with Crippen LogP contribution in [0.4, 0.5) is 0 Å². The van der Waals surface area contributed by atoms with Gasteiger partial charge in [-0.1, -0.05) is 35.9 Å². The Kier molecular flexibility index (Phi) is 6.75. The van der Waals surface area contributed by atoms with E-state index in [4.69, 9.17) is 16.3 Å². The van der Waals surface area contributed by atoms with Crippen LogP contribution in [0.3, 0.4) is 0 Å². The summed E-state index contributed by atoms with van der Waals surface area (Å²) in [6.45, 7) is 7.56. The highest BCUT2D eigenvalue weighted by Crippen LogP contribution is 2.22. The number of carbonyl (C=O) groups excluding carboxylic acids is 1. The van der Waals surface area contributed by atoms with Crippen molar-refractivity contribution in [1.29, 1.82) is 0 Å². The number of halogens is 1. The molecule has 2 aromatic carbocycles. The average molecular weight is 387 g/mol. The Morgan fingerprint density at radius 3 is 2.48 bits per heavy atom. The number of ether oxygens (including phenoxy) is 1. The summed E-state index contributed by atoms with van der Waals surface area (Å²) in [5.74, 6) is 0.509. The van der Waals surface area contributed by atoms with Gasteiger partial charge in [0.15, 0.2) is 6.10 Å². The van der Waals surface area contributed by atoms with Gasteiger partial charge in [0.2, 0.25) is 0 Å². The molecule has 0 unspecified atom stereocenters. The lowest BCUT2D eigenvalue weighted by Gasteiger charge is -2.16. The quantitative estimate of drug-likeness (QED) is 0.770. The number of nitrogens with one attached hydrogen (secondary N) is 1. The van der Waals surface area contributed by atoms with Gasteiger partial charge in [0.25, 0.3) is 5.91 Å². The van der Waals surface area contributed by atoms with Crippen molar-refractivity contribution in [2.45, 2.75) is 45.9 Å². The number of benzene rings is 2. The minimum atomic E-state index is -0.569. The van der Waals surface area contributed by atoms with Crippen molar-refractivity contribution in [3.05, 3.63) is 64.2 Å². The van der Waals surface area contributed by atoms with Gasteiger partial charge in [-0.15, -0.1) is 0 Å².